The summed E-state index contributed by atoms with van der Waals surface area (Å²) in [6.45, 7) is 3.49. The number of H-pyrrole nitrogens is 1. The number of thioether (sulfide) groups is 1. The molecular weight excluding hydrogens is 248 g/mol. The van der Waals surface area contributed by atoms with Gasteiger partial charge in [-0.3, -0.25) is 9.89 Å². The smallest absolute Gasteiger partial charge is 0.226 e. The molecule has 1 aromatic rings. The van der Waals surface area contributed by atoms with Crippen molar-refractivity contribution in [1.29, 1.82) is 0 Å². The Morgan fingerprint density at radius 3 is 2.83 bits per heavy atom. The maximum Gasteiger partial charge on any atom is 0.226 e. The zero-order valence-electron chi connectivity index (χ0n) is 10.3. The van der Waals surface area contributed by atoms with E-state index in [1.807, 2.05) is 29.1 Å². The van der Waals surface area contributed by atoms with Crippen LogP contribution in [0.3, 0.4) is 0 Å². The molecule has 2 aliphatic rings. The normalized spacial score (nSPS) is 24.6. The molecule has 1 aromatic heterocycles. The van der Waals surface area contributed by atoms with E-state index in [4.69, 9.17) is 0 Å². The molecule has 1 N–H and O–H groups in total. The monoisotopic (exact) mass is 266 g/mol. The number of rotatable bonds is 2. The zero-order chi connectivity index (χ0) is 12.4. The maximum atomic E-state index is 12.3. The Kier molecular flexibility index (Phi) is 3.45. The van der Waals surface area contributed by atoms with Gasteiger partial charge in [0, 0.05) is 44.0 Å². The third kappa shape index (κ3) is 2.34. The number of hydrogen-bond acceptors (Lipinski definition) is 4. The van der Waals surface area contributed by atoms with Gasteiger partial charge >= 0.3 is 0 Å². The summed E-state index contributed by atoms with van der Waals surface area (Å²) in [6.07, 6.45) is 4.81. The molecule has 2 saturated heterocycles. The van der Waals surface area contributed by atoms with E-state index in [1.165, 1.54) is 0 Å². The average Bonchev–Trinajstić information content (AvgIpc) is 3.11. The van der Waals surface area contributed by atoms with Crippen LogP contribution in [0.2, 0.25) is 0 Å². The molecule has 1 unspecified atom stereocenters. The number of nitrogens with one attached hydrogen (secondary N) is 1. The van der Waals surface area contributed by atoms with Gasteiger partial charge in [-0.2, -0.15) is 16.9 Å². The highest BCUT2D eigenvalue weighted by Gasteiger charge is 2.29. The van der Waals surface area contributed by atoms with Crippen LogP contribution in [-0.4, -0.2) is 58.7 Å². The van der Waals surface area contributed by atoms with Crippen molar-refractivity contribution in [2.45, 2.75) is 6.42 Å². The van der Waals surface area contributed by atoms with Crippen LogP contribution < -0.4 is 4.90 Å². The average molecular weight is 266 g/mol. The Morgan fingerprint density at radius 1 is 1.39 bits per heavy atom. The first-order valence-corrected chi connectivity index (χ1v) is 7.60. The third-order valence-corrected chi connectivity index (χ3v) is 4.88. The van der Waals surface area contributed by atoms with Crippen molar-refractivity contribution in [2.24, 2.45) is 5.92 Å². The largest absolute Gasteiger partial charge is 0.365 e. The minimum Gasteiger partial charge on any atom is -0.365 e. The Balaban J connectivity index is 1.55. The van der Waals surface area contributed by atoms with Crippen LogP contribution in [0, 0.1) is 5.92 Å². The summed E-state index contributed by atoms with van der Waals surface area (Å²) in [5.41, 5.74) is 1.12. The van der Waals surface area contributed by atoms with E-state index < -0.39 is 0 Å². The number of piperazine rings is 1. The maximum absolute atomic E-state index is 12.3. The van der Waals surface area contributed by atoms with Gasteiger partial charge in [0.1, 0.15) is 0 Å². The molecule has 18 heavy (non-hydrogen) atoms. The second-order valence-electron chi connectivity index (χ2n) is 4.83. The summed E-state index contributed by atoms with van der Waals surface area (Å²) in [5.74, 6) is 2.80. The second kappa shape index (κ2) is 5.22. The predicted molar refractivity (Wildman–Crippen MR) is 72.8 cm³/mol. The summed E-state index contributed by atoms with van der Waals surface area (Å²) in [7, 11) is 0. The van der Waals surface area contributed by atoms with Crippen molar-refractivity contribution in [2.75, 3.05) is 42.6 Å². The SMILES string of the molecule is O=C(C1CCSC1)N1CCN(c2cn[nH]c2)CC1. The number of amides is 1. The number of aromatic nitrogens is 2. The fourth-order valence-electron chi connectivity index (χ4n) is 2.59. The third-order valence-electron chi connectivity index (χ3n) is 3.72. The number of aromatic amines is 1. The van der Waals surface area contributed by atoms with Crippen LogP contribution in [0.5, 0.6) is 0 Å². The highest BCUT2D eigenvalue weighted by Crippen LogP contribution is 2.26. The van der Waals surface area contributed by atoms with Gasteiger partial charge in [0.05, 0.1) is 11.9 Å². The van der Waals surface area contributed by atoms with E-state index in [9.17, 15) is 4.79 Å². The van der Waals surface area contributed by atoms with Crippen molar-refractivity contribution in [1.82, 2.24) is 15.1 Å². The van der Waals surface area contributed by atoms with Gasteiger partial charge in [-0.1, -0.05) is 0 Å². The van der Waals surface area contributed by atoms with Crippen LogP contribution in [0.4, 0.5) is 5.69 Å². The van der Waals surface area contributed by atoms with E-state index in [2.05, 4.69) is 15.1 Å². The number of carbonyl (C=O) groups excluding carboxylic acids is 1. The van der Waals surface area contributed by atoms with E-state index >= 15 is 0 Å². The molecule has 98 valence electrons. The summed E-state index contributed by atoms with van der Waals surface area (Å²) in [6, 6.07) is 0. The van der Waals surface area contributed by atoms with Crippen molar-refractivity contribution < 1.29 is 4.79 Å². The molecule has 0 bridgehead atoms. The number of carbonyl (C=O) groups is 1. The van der Waals surface area contributed by atoms with Gasteiger partial charge in [-0.25, -0.2) is 0 Å². The fourth-order valence-corrected chi connectivity index (χ4v) is 3.80. The van der Waals surface area contributed by atoms with Crippen LogP contribution in [0.25, 0.3) is 0 Å². The lowest BCUT2D eigenvalue weighted by Crippen LogP contribution is -2.50. The molecular formula is C12H18N4OS. The molecule has 0 spiro atoms. The Labute approximate surface area is 111 Å². The lowest BCUT2D eigenvalue weighted by atomic mass is 10.1. The van der Waals surface area contributed by atoms with E-state index in [0.717, 1.165) is 49.8 Å². The highest BCUT2D eigenvalue weighted by atomic mass is 32.2. The van der Waals surface area contributed by atoms with Gasteiger partial charge in [-0.15, -0.1) is 0 Å². The molecule has 2 aliphatic heterocycles. The van der Waals surface area contributed by atoms with E-state index in [1.54, 1.807) is 0 Å². The number of anilines is 1. The number of nitrogens with zero attached hydrogens (tertiary/aromatic N) is 3. The van der Waals surface area contributed by atoms with Gasteiger partial charge in [0.25, 0.3) is 0 Å². The molecule has 6 heteroatoms. The summed E-state index contributed by atoms with van der Waals surface area (Å²) in [5, 5.41) is 6.80. The molecule has 2 fully saturated rings. The summed E-state index contributed by atoms with van der Waals surface area (Å²) < 4.78 is 0. The Hall–Kier alpha value is -1.17. The van der Waals surface area contributed by atoms with Crippen molar-refractivity contribution >= 4 is 23.4 Å². The first-order valence-electron chi connectivity index (χ1n) is 6.45. The van der Waals surface area contributed by atoms with E-state index in [-0.39, 0.29) is 5.92 Å². The van der Waals surface area contributed by atoms with Crippen LogP contribution >= 0.6 is 11.8 Å². The van der Waals surface area contributed by atoms with Crippen molar-refractivity contribution in [3.8, 4) is 0 Å². The molecule has 1 amide bonds. The highest BCUT2D eigenvalue weighted by molar-refractivity contribution is 7.99. The van der Waals surface area contributed by atoms with Crippen molar-refractivity contribution in [3.05, 3.63) is 12.4 Å². The van der Waals surface area contributed by atoms with Crippen LogP contribution in [0.15, 0.2) is 12.4 Å². The lowest BCUT2D eigenvalue weighted by molar-refractivity contribution is -0.135. The second-order valence-corrected chi connectivity index (χ2v) is 5.98. The minimum atomic E-state index is 0.274. The molecule has 3 heterocycles. The molecule has 1 atom stereocenters. The first kappa shape index (κ1) is 11.9. The topological polar surface area (TPSA) is 52.2 Å². The van der Waals surface area contributed by atoms with Gasteiger partial charge in [0.15, 0.2) is 0 Å². The summed E-state index contributed by atoms with van der Waals surface area (Å²) in [4.78, 5) is 16.6. The fraction of sp³-hybridized carbons (Fsp3) is 0.667. The molecule has 0 aliphatic carbocycles. The van der Waals surface area contributed by atoms with Crippen molar-refractivity contribution in [3.63, 3.8) is 0 Å². The molecule has 0 saturated carbocycles. The zero-order valence-corrected chi connectivity index (χ0v) is 11.2. The van der Waals surface area contributed by atoms with Gasteiger partial charge < -0.3 is 9.80 Å². The Morgan fingerprint density at radius 2 is 2.22 bits per heavy atom. The minimum absolute atomic E-state index is 0.274. The first-order chi connectivity index (χ1) is 8.84. The number of hydrogen-bond donors (Lipinski definition) is 1. The predicted octanol–water partition coefficient (Wildman–Crippen LogP) is 0.811. The molecule has 0 radical (unpaired) electrons. The van der Waals surface area contributed by atoms with Gasteiger partial charge in [-0.05, 0) is 12.2 Å². The van der Waals surface area contributed by atoms with Crippen LogP contribution in [0.1, 0.15) is 6.42 Å². The Bertz CT molecular complexity index is 394. The molecule has 0 aromatic carbocycles. The van der Waals surface area contributed by atoms with Gasteiger partial charge in [0.2, 0.25) is 5.91 Å². The summed E-state index contributed by atoms with van der Waals surface area (Å²) >= 11 is 1.90. The standard InChI is InChI=1S/C12H18N4OS/c17-12(10-1-6-18-9-10)16-4-2-15(3-5-16)11-7-13-14-8-11/h7-8,10H,1-6,9H2,(H,13,14). The quantitative estimate of drug-likeness (QED) is 0.861. The van der Waals surface area contributed by atoms with Crippen LogP contribution in [-0.2, 0) is 4.79 Å². The molecule has 5 nitrogen and oxygen atoms in total. The van der Waals surface area contributed by atoms with E-state index in [0.29, 0.717) is 5.91 Å². The molecule has 3 rings (SSSR count). The lowest BCUT2D eigenvalue weighted by Gasteiger charge is -2.36.